The van der Waals surface area contributed by atoms with E-state index in [0.717, 1.165) is 126 Å². The van der Waals surface area contributed by atoms with Crippen LogP contribution in [0.1, 0.15) is 228 Å². The predicted molar refractivity (Wildman–Crippen MR) is 395 cm³/mol. The molecule has 0 saturated heterocycles. The molecule has 3 amide bonds. The zero-order chi connectivity index (χ0) is 72.5. The molecule has 2 bridgehead atoms. The molecule has 0 aromatic heterocycles. The van der Waals surface area contributed by atoms with E-state index >= 15 is 0 Å². The molecule has 1 spiro atoms. The molecule has 6 atom stereocenters. The van der Waals surface area contributed by atoms with E-state index in [1.807, 2.05) is 94.4 Å². The van der Waals surface area contributed by atoms with E-state index in [-0.39, 0.29) is 94.1 Å². The molecule has 2 aromatic carbocycles. The van der Waals surface area contributed by atoms with Gasteiger partial charge in [0, 0.05) is 92.4 Å². The number of halogens is 2. The normalized spacial score (nSPS) is 35.2. The minimum atomic E-state index is -3.19. The van der Waals surface area contributed by atoms with Crippen LogP contribution in [0.2, 0.25) is 5.02 Å². The first-order valence-corrected chi connectivity index (χ1v) is 38.5. The van der Waals surface area contributed by atoms with Crippen LogP contribution in [0.3, 0.4) is 0 Å². The number of nitrogens with two attached hydrogens (primary N) is 2. The highest BCUT2D eigenvalue weighted by Gasteiger charge is 2.47. The number of allylic oxidation sites excluding steroid dienone is 1. The number of ether oxygens (including phenoxy) is 7. The van der Waals surface area contributed by atoms with Crippen molar-refractivity contribution in [2.45, 2.75) is 288 Å². The van der Waals surface area contributed by atoms with Gasteiger partial charge in [0.15, 0.2) is 0 Å². The first-order valence-electron chi connectivity index (χ1n) is 36.2. The van der Waals surface area contributed by atoms with Gasteiger partial charge in [0.1, 0.15) is 22.7 Å². The lowest BCUT2D eigenvalue weighted by Crippen LogP contribution is -2.55. The summed E-state index contributed by atoms with van der Waals surface area (Å²) in [5.74, 6) is 0.980. The lowest BCUT2D eigenvalue weighted by Gasteiger charge is -2.46. The van der Waals surface area contributed by atoms with E-state index in [4.69, 9.17) is 61.3 Å². The highest BCUT2D eigenvalue weighted by Crippen LogP contribution is 2.48. The zero-order valence-corrected chi connectivity index (χ0v) is 64.9. The van der Waals surface area contributed by atoms with Crippen LogP contribution in [0, 0.1) is 23.7 Å². The Morgan fingerprint density at radius 3 is 1.81 bits per heavy atom. The second kappa shape index (κ2) is 34.6. The van der Waals surface area contributed by atoms with E-state index in [0.29, 0.717) is 62.3 Å². The van der Waals surface area contributed by atoms with E-state index in [1.54, 1.807) is 20.1 Å². The summed E-state index contributed by atoms with van der Waals surface area (Å²) in [6.07, 6.45) is 17.9. The molecule has 0 unspecified atom stereocenters. The molecule has 11 rings (SSSR count). The maximum atomic E-state index is 14.7. The summed E-state index contributed by atoms with van der Waals surface area (Å²) in [7, 11) is -1.40. The summed E-state index contributed by atoms with van der Waals surface area (Å²) in [6.45, 7) is 33.2. The highest BCUT2D eigenvalue weighted by molar-refractivity contribution is 7.94. The van der Waals surface area contributed by atoms with Crippen molar-refractivity contribution in [2.24, 2.45) is 39.5 Å². The number of rotatable bonds is 13. The fourth-order valence-electron chi connectivity index (χ4n) is 16.1. The Balaban J connectivity index is 0.000000263. The molecule has 20 nitrogen and oxygen atoms in total. The van der Waals surface area contributed by atoms with Crippen molar-refractivity contribution in [1.82, 2.24) is 10.6 Å². The van der Waals surface area contributed by atoms with Crippen LogP contribution in [-0.4, -0.2) is 166 Å². The van der Waals surface area contributed by atoms with Crippen molar-refractivity contribution in [3.05, 3.63) is 70.3 Å². The third-order valence-electron chi connectivity index (χ3n) is 20.4. The molecule has 6 saturated carbocycles. The molecule has 562 valence electrons. The van der Waals surface area contributed by atoms with Gasteiger partial charge in [-0.05, 0) is 265 Å². The number of methoxy groups -OCH3 is 1. The Morgan fingerprint density at radius 1 is 0.768 bits per heavy atom. The Morgan fingerprint density at radius 2 is 1.31 bits per heavy atom. The number of aliphatic hydroxyl groups is 2. The van der Waals surface area contributed by atoms with E-state index in [2.05, 4.69) is 65.0 Å². The molecule has 99 heavy (non-hydrogen) atoms. The van der Waals surface area contributed by atoms with Gasteiger partial charge in [-0.2, -0.15) is 4.36 Å². The number of amides is 3. The number of alkyl carbamates (subject to hydrolysis) is 2. The number of hydrogen-bond donors (Lipinski definition) is 6. The topological polar surface area (TPSA) is 282 Å². The summed E-state index contributed by atoms with van der Waals surface area (Å²) < 4.78 is 59.0. The number of anilines is 1. The van der Waals surface area contributed by atoms with Crippen LogP contribution >= 0.6 is 24.0 Å². The molecule has 2 heterocycles. The van der Waals surface area contributed by atoms with Gasteiger partial charge in [0.05, 0.1) is 61.9 Å². The molecule has 23 heteroatoms. The van der Waals surface area contributed by atoms with E-state index < -0.39 is 44.1 Å². The fraction of sp³-hybridized carbons (Fsp3) is 0.763. The largest absolute Gasteiger partial charge is 0.490 e. The number of fused-ring (bicyclic) bond motifs is 4. The molecule has 0 radical (unpaired) electrons. The van der Waals surface area contributed by atoms with Crippen LogP contribution in [-0.2, 0) is 54.8 Å². The molecule has 7 aliphatic carbocycles. The van der Waals surface area contributed by atoms with Crippen LogP contribution in [0.5, 0.6) is 5.75 Å². The standard InChI is InChI=1S/C42H55ClN2O6S.C12H23NO3.C10H19NO3.C7H15NO.C5H11NO.ClH/c1-5-51-41(3)21-29(22-41)18-34(46)25-52(48)24-28(2)8-6-10-38(49-4)35-14-11-32(35)23-45-26-42(17-7-9-30-19-33(43)13-15-36(30)42)27-50-39-16-12-31(20-37(39)45)40(47)44-52;1-6-15-12(5)7-9(8-12)13-10(14)16-11(2,3)4;1-9(2,3)14-8(12)11-7-5-10(4,13)6-7;1-3-9-7(2)4-6(8)5-7;1-5(7)2-4(6)3-5;/h6,10,12-13,15-16,19-20,28-29,32,35,38H,5,7-9,11,14,17-18,21-27H2,1-4H3;9H,6-8H2,1-5H3,(H,13,14);7,13H,5-6H2,1-4H3,(H,11,12);6H,3-5,8H2,1-2H3;4,7H,2-3,6H2,1H3;1H/b10-6+;;;;;/t28-,29?,32-,35+,38-,41?,42-,52+;;;;;/m0...../s1. The van der Waals surface area contributed by atoms with Crippen molar-refractivity contribution in [1.29, 1.82) is 0 Å². The molecule has 2 aliphatic heterocycles. The van der Waals surface area contributed by atoms with Crippen molar-refractivity contribution >= 4 is 63.3 Å². The number of hydrogen-bond acceptors (Lipinski definition) is 17. The van der Waals surface area contributed by atoms with Crippen LogP contribution < -0.4 is 31.7 Å². The maximum Gasteiger partial charge on any atom is 0.407 e. The van der Waals surface area contributed by atoms with Gasteiger partial charge in [0.2, 0.25) is 0 Å². The monoisotopic (exact) mass is 1450 g/mol. The van der Waals surface area contributed by atoms with Gasteiger partial charge in [-0.1, -0.05) is 36.7 Å². The molecule has 9 aliphatic rings. The van der Waals surface area contributed by atoms with Gasteiger partial charge in [-0.15, -0.1) is 12.4 Å². The Labute approximate surface area is 603 Å². The van der Waals surface area contributed by atoms with Crippen LogP contribution in [0.25, 0.3) is 0 Å². The minimum absolute atomic E-state index is 0. The van der Waals surface area contributed by atoms with Crippen LogP contribution in [0.4, 0.5) is 15.3 Å². The number of ketones is 1. The van der Waals surface area contributed by atoms with Gasteiger partial charge in [-0.3, -0.25) is 9.59 Å². The second-order valence-corrected chi connectivity index (χ2v) is 36.0. The summed E-state index contributed by atoms with van der Waals surface area (Å²) in [4.78, 5) is 52.7. The number of aryl methyl sites for hydroxylation is 1. The average Bonchev–Trinajstić information content (AvgIpc) is 1.70. The smallest absolute Gasteiger partial charge is 0.407 e. The lowest BCUT2D eigenvalue weighted by atomic mass is 9.68. The molecular weight excluding hydrogens is 1320 g/mol. The summed E-state index contributed by atoms with van der Waals surface area (Å²) in [5, 5.41) is 24.7. The maximum absolute atomic E-state index is 14.7. The fourth-order valence-corrected chi connectivity index (χ4v) is 18.6. The number of nitrogens with one attached hydrogen (secondary N) is 2. The first-order chi connectivity index (χ1) is 45.6. The average molecular weight is 1450 g/mol. The van der Waals surface area contributed by atoms with Gasteiger partial charge < -0.3 is 70.4 Å². The number of nitrogens with zero attached hydrogens (tertiary/aromatic N) is 2. The Hall–Kier alpha value is -4.13. The first kappa shape index (κ1) is 83.8. The summed E-state index contributed by atoms with van der Waals surface area (Å²) in [5.41, 5.74) is 12.5. The van der Waals surface area contributed by atoms with Crippen LogP contribution in [0.15, 0.2) is 52.9 Å². The van der Waals surface area contributed by atoms with Crippen molar-refractivity contribution in [2.75, 3.05) is 63.0 Å². The van der Waals surface area contributed by atoms with Gasteiger partial charge >= 0.3 is 12.2 Å². The molecule has 6 fully saturated rings. The summed E-state index contributed by atoms with van der Waals surface area (Å²) >= 11 is 6.47. The molecule has 8 N–H and O–H groups in total. The molecular formula is C76H124Cl2N6O14S. The van der Waals surface area contributed by atoms with Crippen molar-refractivity contribution in [3.8, 4) is 5.75 Å². The van der Waals surface area contributed by atoms with E-state index in [9.17, 15) is 28.5 Å². The summed E-state index contributed by atoms with van der Waals surface area (Å²) in [6, 6.07) is 12.7. The van der Waals surface area contributed by atoms with Gasteiger partial charge in [-0.25, -0.2) is 13.8 Å². The minimum Gasteiger partial charge on any atom is -0.490 e. The second-order valence-electron chi connectivity index (χ2n) is 33.2. The van der Waals surface area contributed by atoms with Crippen molar-refractivity contribution in [3.63, 3.8) is 0 Å². The SMILES string of the molecule is CC1(O)CC(N)C1.CC1(O)CC(NC(=O)OC(C)(C)C)C1.CCOC1(C)CC(CC(=O)C[S@@]2(=O)=NC(=O)c3ccc4c(c3)N(C[C@@H]3CC[C@H]3[C@@H](OC)/C=C/C[C@H](C)C2)C[C@@]2(CCCc3cc(Cl)ccc32)CO4)C1.CCOC1(C)CC(N)C1.CCOC1(C)CC(NC(=O)OC(C)(C)C)C1.Cl. The van der Waals surface area contributed by atoms with E-state index in [1.165, 1.54) is 11.1 Å². The predicted octanol–water partition coefficient (Wildman–Crippen LogP) is 13.3. The molecule has 2 aromatic rings. The number of Topliss-reactive ketones (excluding diaryl/α,β-unsaturated/α-hetero) is 1. The zero-order valence-electron chi connectivity index (χ0n) is 62.5. The number of benzene rings is 2. The number of carbonyl (C=O) groups is 4. The third-order valence-corrected chi connectivity index (χ3v) is 22.9. The van der Waals surface area contributed by atoms with Gasteiger partial charge in [0.25, 0.3) is 5.91 Å². The Kier molecular flexibility index (Phi) is 29.3. The van der Waals surface area contributed by atoms with Crippen molar-refractivity contribution < 1.29 is 66.8 Å². The lowest BCUT2D eigenvalue weighted by molar-refractivity contribution is -0.129. The Bertz CT molecular complexity index is 3160. The number of carbonyl (C=O) groups excluding carboxylic acids is 4. The highest BCUT2D eigenvalue weighted by atomic mass is 35.5. The quantitative estimate of drug-likeness (QED) is 0.102. The third kappa shape index (κ3) is 25.0.